The number of rotatable bonds is 4. The number of aliphatic hydroxyl groups is 1. The lowest BCUT2D eigenvalue weighted by Crippen LogP contribution is -2.49. The van der Waals surface area contributed by atoms with E-state index in [2.05, 4.69) is 9.97 Å². The third kappa shape index (κ3) is 3.49. The van der Waals surface area contributed by atoms with E-state index in [1.165, 1.54) is 27.1 Å². The second kappa shape index (κ2) is 8.11. The van der Waals surface area contributed by atoms with Gasteiger partial charge in [-0.2, -0.15) is 5.06 Å². The number of ether oxygens (including phenoxy) is 3. The smallest absolute Gasteiger partial charge is 0.303 e. The number of carbonyl (C=O) groups excluding carboxylic acids is 3. The highest BCUT2D eigenvalue weighted by molar-refractivity contribution is 6.00. The highest BCUT2D eigenvalue weighted by Gasteiger charge is 2.59. The first-order valence-corrected chi connectivity index (χ1v) is 10.1. The van der Waals surface area contributed by atoms with Crippen LogP contribution < -0.4 is 5.06 Å². The first-order chi connectivity index (χ1) is 15.2. The van der Waals surface area contributed by atoms with Crippen LogP contribution in [0.4, 0.5) is 5.82 Å². The average molecular weight is 448 g/mol. The molecule has 2 aromatic heterocycles. The largest absolute Gasteiger partial charge is 0.455 e. The van der Waals surface area contributed by atoms with E-state index in [9.17, 15) is 19.5 Å². The summed E-state index contributed by atoms with van der Waals surface area (Å²) < 4.78 is 18.7. The summed E-state index contributed by atoms with van der Waals surface area (Å²) in [7, 11) is 0. The van der Waals surface area contributed by atoms with E-state index in [1.807, 2.05) is 0 Å². The number of aliphatic hydroxyl groups excluding tert-OH is 1. The number of anilines is 1. The fourth-order valence-corrected chi connectivity index (χ4v) is 4.37. The minimum absolute atomic E-state index is 0.233. The van der Waals surface area contributed by atoms with Crippen LogP contribution in [0.1, 0.15) is 39.5 Å². The first-order valence-electron chi connectivity index (χ1n) is 10.1. The number of hydrogen-bond acceptors (Lipinski definition) is 10. The van der Waals surface area contributed by atoms with Gasteiger partial charge in [0.15, 0.2) is 23.8 Å². The molecule has 4 atom stereocenters. The normalized spacial score (nSPS) is 27.3. The molecule has 1 unspecified atom stereocenters. The Morgan fingerprint density at radius 1 is 1.25 bits per heavy atom. The Morgan fingerprint density at radius 3 is 2.62 bits per heavy atom. The molecule has 12 heteroatoms. The van der Waals surface area contributed by atoms with Crippen molar-refractivity contribution >= 4 is 34.7 Å². The van der Waals surface area contributed by atoms with E-state index in [-0.39, 0.29) is 18.3 Å². The van der Waals surface area contributed by atoms with Crippen molar-refractivity contribution in [3.8, 4) is 0 Å². The summed E-state index contributed by atoms with van der Waals surface area (Å²) in [5.74, 6) is -1.28. The Hall–Kier alpha value is -3.09. The van der Waals surface area contributed by atoms with Crippen LogP contribution in [-0.4, -0.2) is 68.5 Å². The zero-order valence-corrected chi connectivity index (χ0v) is 18.1. The van der Waals surface area contributed by atoms with Gasteiger partial charge in [-0.15, -0.1) is 0 Å². The zero-order valence-electron chi connectivity index (χ0n) is 18.1. The summed E-state index contributed by atoms with van der Waals surface area (Å²) in [6.45, 7) is 5.16. The van der Waals surface area contributed by atoms with Gasteiger partial charge in [-0.05, 0) is 12.5 Å². The molecule has 12 nitrogen and oxygen atoms in total. The Balaban J connectivity index is 1.89. The molecule has 2 aliphatic heterocycles. The molecule has 0 saturated carbocycles. The van der Waals surface area contributed by atoms with E-state index >= 15 is 0 Å². The molecule has 172 valence electrons. The number of hydrogen-bond donors (Lipinski definition) is 1. The predicted octanol–water partition coefficient (Wildman–Crippen LogP) is 0.415. The van der Waals surface area contributed by atoms with Crippen LogP contribution in [0, 0.1) is 0 Å². The van der Waals surface area contributed by atoms with Crippen molar-refractivity contribution in [3.05, 3.63) is 18.1 Å². The summed E-state index contributed by atoms with van der Waals surface area (Å²) in [4.78, 5) is 50.0. The van der Waals surface area contributed by atoms with Gasteiger partial charge >= 0.3 is 11.9 Å². The lowest BCUT2D eigenvalue weighted by molar-refractivity contribution is -0.184. The summed E-state index contributed by atoms with van der Waals surface area (Å²) in [6.07, 6.45) is 0.506. The van der Waals surface area contributed by atoms with Crippen LogP contribution in [-0.2, 0) is 39.9 Å². The quantitative estimate of drug-likeness (QED) is 0.654. The minimum atomic E-state index is -1.47. The molecule has 0 aliphatic carbocycles. The van der Waals surface area contributed by atoms with Gasteiger partial charge in [0.1, 0.15) is 18.1 Å². The van der Waals surface area contributed by atoms with Crippen molar-refractivity contribution in [2.45, 2.75) is 58.2 Å². The molecule has 4 heterocycles. The molecule has 2 aromatic rings. The monoisotopic (exact) mass is 448 g/mol. The van der Waals surface area contributed by atoms with Crippen LogP contribution in [0.15, 0.2) is 12.5 Å². The second-order valence-corrected chi connectivity index (χ2v) is 7.87. The first kappa shape index (κ1) is 22.1. The van der Waals surface area contributed by atoms with E-state index in [1.54, 1.807) is 17.7 Å². The molecule has 1 saturated heterocycles. The topological polar surface area (TPSA) is 142 Å². The Morgan fingerprint density at radius 2 is 2.00 bits per heavy atom. The average Bonchev–Trinajstić information content (AvgIpc) is 3.11. The number of aromatic nitrogens is 3. The van der Waals surface area contributed by atoms with Crippen LogP contribution >= 0.6 is 0 Å². The van der Waals surface area contributed by atoms with E-state index in [0.29, 0.717) is 17.5 Å². The fraction of sp³-hybridized carbons (Fsp3) is 0.550. The maximum absolute atomic E-state index is 12.1. The maximum Gasteiger partial charge on any atom is 0.303 e. The Kier molecular flexibility index (Phi) is 5.61. The van der Waals surface area contributed by atoms with Gasteiger partial charge in [0, 0.05) is 33.4 Å². The number of carbonyl (C=O) groups is 3. The van der Waals surface area contributed by atoms with E-state index < -0.39 is 42.6 Å². The number of esters is 2. The standard InChI is InChI=1S/C20H24N4O8/c1-10(26)24-18-15-13(5-6-29-24)7-23(17(15)21-9-22-18)19-20(4,32-12(3)28)16(30-11(2)27)14(8-25)31-19/h7,9,14,16,19,25H,5-6,8H2,1-4H3/t14-,16-,19?,20-/m1/s1. The summed E-state index contributed by atoms with van der Waals surface area (Å²) in [5, 5.41) is 11.6. The van der Waals surface area contributed by atoms with Gasteiger partial charge in [-0.25, -0.2) is 9.97 Å². The molecular weight excluding hydrogens is 424 g/mol. The van der Waals surface area contributed by atoms with Crippen LogP contribution in [0.3, 0.4) is 0 Å². The molecule has 1 N–H and O–H groups in total. The third-order valence-electron chi connectivity index (χ3n) is 5.52. The minimum Gasteiger partial charge on any atom is -0.455 e. The molecular formula is C20H24N4O8. The van der Waals surface area contributed by atoms with Gasteiger partial charge in [-0.3, -0.25) is 19.2 Å². The molecule has 0 spiro atoms. The highest BCUT2D eigenvalue weighted by atomic mass is 16.7. The second-order valence-electron chi connectivity index (χ2n) is 7.87. The van der Waals surface area contributed by atoms with Crippen LogP contribution in [0.25, 0.3) is 11.0 Å². The third-order valence-corrected chi connectivity index (χ3v) is 5.52. The summed E-state index contributed by atoms with van der Waals surface area (Å²) in [5.41, 5.74) is -0.268. The lowest BCUT2D eigenvalue weighted by atomic mass is 9.95. The zero-order chi connectivity index (χ0) is 23.2. The van der Waals surface area contributed by atoms with Crippen molar-refractivity contribution in [1.82, 2.24) is 14.5 Å². The summed E-state index contributed by atoms with van der Waals surface area (Å²) >= 11 is 0. The number of hydroxylamine groups is 1. The number of amides is 1. The molecule has 1 amide bonds. The van der Waals surface area contributed by atoms with Crippen LogP contribution in [0.5, 0.6) is 0 Å². The summed E-state index contributed by atoms with van der Waals surface area (Å²) in [6, 6.07) is 0. The van der Waals surface area contributed by atoms with Gasteiger partial charge in [0.05, 0.1) is 18.6 Å². The van der Waals surface area contributed by atoms with E-state index in [0.717, 1.165) is 10.6 Å². The van der Waals surface area contributed by atoms with Crippen molar-refractivity contribution in [3.63, 3.8) is 0 Å². The van der Waals surface area contributed by atoms with Gasteiger partial charge in [-0.1, -0.05) is 0 Å². The Bertz CT molecular complexity index is 1080. The van der Waals surface area contributed by atoms with Gasteiger partial charge in [0.2, 0.25) is 5.91 Å². The molecule has 0 aromatic carbocycles. The predicted molar refractivity (Wildman–Crippen MR) is 107 cm³/mol. The van der Waals surface area contributed by atoms with Crippen molar-refractivity contribution in [2.24, 2.45) is 0 Å². The maximum atomic E-state index is 12.1. The van der Waals surface area contributed by atoms with Crippen molar-refractivity contribution < 1.29 is 38.5 Å². The molecule has 4 rings (SSSR count). The van der Waals surface area contributed by atoms with Gasteiger partial charge in [0.25, 0.3) is 0 Å². The lowest BCUT2D eigenvalue weighted by Gasteiger charge is -2.34. The molecule has 32 heavy (non-hydrogen) atoms. The molecule has 2 aliphatic rings. The molecule has 0 radical (unpaired) electrons. The number of nitrogens with zero attached hydrogens (tertiary/aromatic N) is 4. The SMILES string of the molecule is CC(=O)O[C@@H]1[C@@H](CO)OC(n2cc3c4c(ncnc42)N(C(C)=O)OCC3)[C@]1(C)OC(C)=O. The molecule has 0 bridgehead atoms. The van der Waals surface area contributed by atoms with Crippen molar-refractivity contribution in [2.75, 3.05) is 18.3 Å². The van der Waals surface area contributed by atoms with Crippen LogP contribution in [0.2, 0.25) is 0 Å². The molecule has 1 fully saturated rings. The fourth-order valence-electron chi connectivity index (χ4n) is 4.37. The Labute approximate surface area is 183 Å². The van der Waals surface area contributed by atoms with Crippen molar-refractivity contribution in [1.29, 1.82) is 0 Å². The van der Waals surface area contributed by atoms with Gasteiger partial charge < -0.3 is 23.9 Å². The van der Waals surface area contributed by atoms with E-state index in [4.69, 9.17) is 19.0 Å². The highest BCUT2D eigenvalue weighted by Crippen LogP contribution is 2.45.